The molecule has 50 valence electrons. The van der Waals surface area contributed by atoms with E-state index in [4.69, 9.17) is 0 Å². The van der Waals surface area contributed by atoms with Gasteiger partial charge in [-0.05, 0) is 0 Å². The van der Waals surface area contributed by atoms with Crippen LogP contribution in [-0.2, 0) is 0 Å². The molecule has 1 aliphatic rings. The number of hydrogen-bond donors (Lipinski definition) is 1. The second-order valence-electron chi connectivity index (χ2n) is 1.39. The summed E-state index contributed by atoms with van der Waals surface area (Å²) in [6.45, 7) is 2.59. The van der Waals surface area contributed by atoms with Crippen LogP contribution >= 0.6 is 0 Å². The summed E-state index contributed by atoms with van der Waals surface area (Å²) in [6, 6.07) is 0. The van der Waals surface area contributed by atoms with Crippen molar-refractivity contribution in [1.29, 1.82) is 0 Å². The van der Waals surface area contributed by atoms with Crippen LogP contribution in [0.1, 0.15) is 7.43 Å². The topological polar surface area (TPSA) is 12.0 Å². The van der Waals surface area contributed by atoms with E-state index in [0.717, 1.165) is 26.3 Å². The van der Waals surface area contributed by atoms with Crippen molar-refractivity contribution in [2.45, 2.75) is 18.1 Å². The summed E-state index contributed by atoms with van der Waals surface area (Å²) in [5.41, 5.74) is 0. The summed E-state index contributed by atoms with van der Waals surface area (Å²) in [4.78, 5) is 0. The molecule has 1 N–H and O–H groups in total. The van der Waals surface area contributed by atoms with Gasteiger partial charge in [-0.2, -0.15) is 0 Å². The van der Waals surface area contributed by atoms with Crippen LogP contribution in [-0.4, -0.2) is 39.4 Å². The van der Waals surface area contributed by atoms with E-state index in [-0.39, 0.29) is 7.43 Å². The van der Waals surface area contributed by atoms with Gasteiger partial charge in [-0.1, -0.05) is 7.43 Å². The first-order chi connectivity index (χ1) is 3.50. The van der Waals surface area contributed by atoms with Crippen LogP contribution in [0.3, 0.4) is 0 Å². The fraction of sp³-hybridized carbons (Fsp3) is 1.00. The fourth-order valence-corrected chi connectivity index (χ4v) is 6.31. The average molecular weight is 245 g/mol. The zero-order valence-corrected chi connectivity index (χ0v) is 7.57. The van der Waals surface area contributed by atoms with E-state index in [2.05, 4.69) is 5.32 Å². The normalized spacial score (nSPS) is 21.0. The predicted molar refractivity (Wildman–Crippen MR) is 40.7 cm³/mol. The molecule has 0 radical (unpaired) electrons. The summed E-state index contributed by atoms with van der Waals surface area (Å²) in [5.74, 6) is 0. The van der Waals surface area contributed by atoms with Gasteiger partial charge < -0.3 is 0 Å². The summed E-state index contributed by atoms with van der Waals surface area (Å²) in [5, 5.41) is 6.34. The molecular weight excluding hydrogens is 232 g/mol. The molecule has 0 bridgehead atoms. The maximum absolute atomic E-state index is 3.38. The van der Waals surface area contributed by atoms with Crippen LogP contribution in [0, 0.1) is 0 Å². The van der Waals surface area contributed by atoms with Crippen LogP contribution in [0.25, 0.3) is 0 Å². The Morgan fingerprint density at radius 1 is 1.00 bits per heavy atom. The molecule has 1 heterocycles. The Morgan fingerprint density at radius 3 is 2.00 bits per heavy atom. The molecule has 3 heteroatoms. The molecule has 1 fully saturated rings. The molecular formula is C5H13NSe2. The molecule has 0 atom stereocenters. The van der Waals surface area contributed by atoms with Gasteiger partial charge >= 0.3 is 55.3 Å². The summed E-state index contributed by atoms with van der Waals surface area (Å²) in [7, 11) is 0. The van der Waals surface area contributed by atoms with Gasteiger partial charge in [-0.15, -0.1) is 0 Å². The number of rotatable bonds is 0. The van der Waals surface area contributed by atoms with Gasteiger partial charge in [0.25, 0.3) is 0 Å². The van der Waals surface area contributed by atoms with Gasteiger partial charge in [0.15, 0.2) is 0 Å². The quantitative estimate of drug-likeness (QED) is 0.608. The predicted octanol–water partition coefficient (Wildman–Crippen LogP) is 0.386. The van der Waals surface area contributed by atoms with Crippen LogP contribution < -0.4 is 5.32 Å². The molecule has 0 amide bonds. The van der Waals surface area contributed by atoms with Crippen LogP contribution in [0.2, 0.25) is 10.6 Å². The zero-order valence-electron chi connectivity index (χ0n) is 4.14. The van der Waals surface area contributed by atoms with Gasteiger partial charge in [0.05, 0.1) is 0 Å². The maximum atomic E-state index is 3.38. The van der Waals surface area contributed by atoms with E-state index in [0.29, 0.717) is 0 Å². The van der Waals surface area contributed by atoms with Crippen molar-refractivity contribution in [2.24, 2.45) is 0 Å². The van der Waals surface area contributed by atoms with Crippen LogP contribution in [0.15, 0.2) is 0 Å². The molecule has 1 saturated heterocycles. The number of hydrogen-bond acceptors (Lipinski definition) is 1. The van der Waals surface area contributed by atoms with Gasteiger partial charge in [0, 0.05) is 0 Å². The molecule has 8 heavy (non-hydrogen) atoms. The third-order valence-corrected chi connectivity index (χ3v) is 8.16. The van der Waals surface area contributed by atoms with E-state index in [1.54, 1.807) is 0 Å². The van der Waals surface area contributed by atoms with Crippen LogP contribution in [0.5, 0.6) is 0 Å². The Labute approximate surface area is 62.9 Å². The zero-order chi connectivity index (χ0) is 4.95. The SMILES string of the molecule is C.C1C[Se][Se]CCN1. The Morgan fingerprint density at radius 2 is 1.50 bits per heavy atom. The monoisotopic (exact) mass is 247 g/mol. The molecule has 0 spiro atoms. The second kappa shape index (κ2) is 6.12. The second-order valence-corrected chi connectivity index (χ2v) is 9.24. The van der Waals surface area contributed by atoms with Crippen molar-refractivity contribution in [3.8, 4) is 0 Å². The Kier molecular flexibility index (Phi) is 6.89. The van der Waals surface area contributed by atoms with E-state index in [1.165, 1.54) is 23.7 Å². The van der Waals surface area contributed by atoms with Gasteiger partial charge in [-0.25, -0.2) is 0 Å². The van der Waals surface area contributed by atoms with Crippen molar-refractivity contribution in [3.63, 3.8) is 0 Å². The number of nitrogens with one attached hydrogen (secondary N) is 1. The Hall–Kier alpha value is 0.999. The van der Waals surface area contributed by atoms with Crippen molar-refractivity contribution in [1.82, 2.24) is 5.32 Å². The van der Waals surface area contributed by atoms with Crippen molar-refractivity contribution >= 4 is 26.3 Å². The van der Waals surface area contributed by atoms with Crippen molar-refractivity contribution < 1.29 is 0 Å². The summed E-state index contributed by atoms with van der Waals surface area (Å²) >= 11 is 2.08. The van der Waals surface area contributed by atoms with Gasteiger partial charge in [-0.3, -0.25) is 0 Å². The van der Waals surface area contributed by atoms with E-state index >= 15 is 0 Å². The third-order valence-electron chi connectivity index (χ3n) is 0.808. The molecule has 1 nitrogen and oxygen atoms in total. The minimum absolute atomic E-state index is 0. The van der Waals surface area contributed by atoms with Crippen molar-refractivity contribution in [3.05, 3.63) is 0 Å². The van der Waals surface area contributed by atoms with Crippen LogP contribution in [0.4, 0.5) is 0 Å². The summed E-state index contributed by atoms with van der Waals surface area (Å²) in [6.07, 6.45) is 0. The van der Waals surface area contributed by atoms with E-state index in [1.807, 2.05) is 0 Å². The summed E-state index contributed by atoms with van der Waals surface area (Å²) < 4.78 is 0. The molecule has 0 aromatic carbocycles. The Bertz CT molecular complexity index is 30.0. The first-order valence-corrected chi connectivity index (χ1v) is 9.21. The first kappa shape index (κ1) is 9.00. The van der Waals surface area contributed by atoms with E-state index in [9.17, 15) is 0 Å². The average Bonchev–Trinajstić information content (AvgIpc) is 1.90. The van der Waals surface area contributed by atoms with E-state index < -0.39 is 0 Å². The third kappa shape index (κ3) is 3.94. The Balaban J connectivity index is 0.000000490. The fourth-order valence-electron chi connectivity index (χ4n) is 0.471. The molecule has 0 aromatic rings. The standard InChI is InChI=1S/C4H9NSe2.CH4/c1-3-6-7-4-2-5-1;/h5H,1-4H2;1H4. The molecule has 0 aliphatic carbocycles. The minimum atomic E-state index is 0. The molecule has 0 unspecified atom stereocenters. The molecule has 0 saturated carbocycles. The molecule has 1 rings (SSSR count). The van der Waals surface area contributed by atoms with Gasteiger partial charge in [0.1, 0.15) is 0 Å². The first-order valence-electron chi connectivity index (χ1n) is 2.45. The molecule has 0 aromatic heterocycles. The van der Waals surface area contributed by atoms with Gasteiger partial charge in [0.2, 0.25) is 0 Å². The molecule has 1 aliphatic heterocycles. The van der Waals surface area contributed by atoms with Crippen molar-refractivity contribution in [2.75, 3.05) is 13.1 Å².